The zero-order valence-electron chi connectivity index (χ0n) is 41.9. The van der Waals surface area contributed by atoms with Gasteiger partial charge in [0.1, 0.15) is 12.1 Å². The summed E-state index contributed by atoms with van der Waals surface area (Å²) in [6, 6.07) is 68.6. The van der Waals surface area contributed by atoms with Crippen molar-refractivity contribution in [2.45, 2.75) is 38.5 Å². The normalized spacial score (nSPS) is 13.4. The summed E-state index contributed by atoms with van der Waals surface area (Å²) in [6.07, 6.45) is 0. The Kier molecular flexibility index (Phi) is 9.37. The van der Waals surface area contributed by atoms with E-state index in [-0.39, 0.29) is 16.5 Å². The number of fused-ring (bicyclic) bond motifs is 12. The third-order valence-corrected chi connectivity index (χ3v) is 16.2. The predicted molar refractivity (Wildman–Crippen MR) is 303 cm³/mol. The minimum Gasteiger partial charge on any atom is -0.318 e. The summed E-state index contributed by atoms with van der Waals surface area (Å²) in [5.74, 6) is 0.404. The lowest BCUT2D eigenvalue weighted by Gasteiger charge is -2.22. The van der Waals surface area contributed by atoms with E-state index >= 15 is 0 Å². The van der Waals surface area contributed by atoms with Crippen LogP contribution >= 0.6 is 0 Å². The van der Waals surface area contributed by atoms with Gasteiger partial charge in [-0.15, -0.1) is 0 Å². The summed E-state index contributed by atoms with van der Waals surface area (Å²) in [6.45, 7) is 17.7. The number of rotatable bonds is 5. The maximum atomic E-state index is 11.2. The molecule has 76 heavy (non-hydrogen) atoms. The molecule has 2 aliphatic rings. The summed E-state index contributed by atoms with van der Waals surface area (Å²) in [4.78, 5) is 14.4. The number of nitriles is 3. The highest BCUT2D eigenvalue weighted by Gasteiger charge is 2.38. The number of aromatic nitrogens is 4. The molecule has 0 radical (unpaired) electrons. The van der Waals surface area contributed by atoms with E-state index in [4.69, 9.17) is 16.5 Å². The topological polar surface area (TPSA) is 111 Å². The Balaban J connectivity index is 0.957. The fourth-order valence-corrected chi connectivity index (χ4v) is 12.6. The molecule has 0 spiro atoms. The van der Waals surface area contributed by atoms with E-state index in [9.17, 15) is 15.8 Å². The molecule has 3 heterocycles. The molecule has 354 valence electrons. The minimum atomic E-state index is -0.275. The van der Waals surface area contributed by atoms with Crippen molar-refractivity contribution < 1.29 is 0 Å². The van der Waals surface area contributed by atoms with E-state index in [1.54, 1.807) is 18.2 Å². The Morgan fingerprint density at radius 1 is 0.408 bits per heavy atom. The van der Waals surface area contributed by atoms with Gasteiger partial charge in [0.15, 0.2) is 5.82 Å². The number of hydrogen-bond donors (Lipinski definition) is 0. The SMILES string of the molecule is [C-]#[N+]c1cc(-c2cc(-c3cc(C#N)c(-n4c5ccccc5c5cc6c(cc54)C(C)(C)c4ccccc4-6)c(C#N)c3)nc(-c3ccccc3)n2)cc(C#N)c1-n1c2ccccc2c2cc3c(cc21)C(C)(C)c1ccccc1-3. The van der Waals surface area contributed by atoms with Crippen molar-refractivity contribution in [2.24, 2.45) is 0 Å². The first kappa shape index (κ1) is 44.3. The second-order valence-corrected chi connectivity index (χ2v) is 21.0. The standard InChI is InChI=1S/C68H42N8/c1-67(2)53-23-13-9-19-45(53)49-31-51-47-21-11-15-25-60(47)75(62(51)33-55(49)67)64-42(36-69)27-40(28-43(64)37-70)57-35-58(74-66(73-57)39-17-7-6-8-18-39)41-29-44(38-71)65(59(30-41)72-5)76-61-26-16-12-22-48(61)52-32-50-46-20-10-14-24-54(46)68(3,4)56(50)34-63(52)76/h6-35H,1-4H3. The van der Waals surface area contributed by atoms with Crippen molar-refractivity contribution in [1.82, 2.24) is 19.1 Å². The average molecular weight is 971 g/mol. The van der Waals surface area contributed by atoms with Gasteiger partial charge in [-0.05, 0) is 117 Å². The van der Waals surface area contributed by atoms with Crippen molar-refractivity contribution in [3.8, 4) is 85.7 Å². The van der Waals surface area contributed by atoms with Crippen LogP contribution in [0.3, 0.4) is 0 Å². The Morgan fingerprint density at radius 2 is 0.842 bits per heavy atom. The number of nitrogens with zero attached hydrogens (tertiary/aromatic N) is 8. The van der Waals surface area contributed by atoms with Crippen LogP contribution in [0.2, 0.25) is 0 Å². The Hall–Kier alpha value is -10.4. The summed E-state index contributed by atoms with van der Waals surface area (Å²) in [5, 5.41) is 37.6. The van der Waals surface area contributed by atoms with E-state index in [2.05, 4.69) is 151 Å². The zero-order valence-corrected chi connectivity index (χ0v) is 41.9. The molecule has 0 bridgehead atoms. The highest BCUT2D eigenvalue weighted by molar-refractivity contribution is 6.13. The predicted octanol–water partition coefficient (Wildman–Crippen LogP) is 16.5. The molecule has 0 saturated carbocycles. The number of hydrogen-bond acceptors (Lipinski definition) is 5. The number of para-hydroxylation sites is 2. The van der Waals surface area contributed by atoms with Crippen molar-refractivity contribution in [2.75, 3.05) is 0 Å². The van der Waals surface area contributed by atoms with Gasteiger partial charge in [-0.1, -0.05) is 143 Å². The van der Waals surface area contributed by atoms with E-state index < -0.39 is 0 Å². The van der Waals surface area contributed by atoms with Gasteiger partial charge in [-0.2, -0.15) is 15.8 Å². The van der Waals surface area contributed by atoms with Crippen LogP contribution in [0.5, 0.6) is 0 Å². The van der Waals surface area contributed by atoms with Gasteiger partial charge < -0.3 is 9.13 Å². The largest absolute Gasteiger partial charge is 0.318 e. The first-order valence-corrected chi connectivity index (χ1v) is 25.3. The lowest BCUT2D eigenvalue weighted by atomic mass is 9.82. The van der Waals surface area contributed by atoms with Gasteiger partial charge in [0.2, 0.25) is 5.69 Å². The average Bonchev–Trinajstić information content (AvgIpc) is 4.29. The molecule has 0 fully saturated rings. The zero-order chi connectivity index (χ0) is 51.8. The summed E-state index contributed by atoms with van der Waals surface area (Å²) >= 11 is 0. The molecule has 8 heteroatoms. The van der Waals surface area contributed by atoms with Crippen molar-refractivity contribution in [3.05, 3.63) is 232 Å². The smallest absolute Gasteiger partial charge is 0.212 e. The second-order valence-electron chi connectivity index (χ2n) is 21.0. The van der Waals surface area contributed by atoms with Gasteiger partial charge in [0.05, 0.1) is 74.2 Å². The number of benzene rings is 9. The molecule has 8 nitrogen and oxygen atoms in total. The van der Waals surface area contributed by atoms with Crippen molar-refractivity contribution in [3.63, 3.8) is 0 Å². The van der Waals surface area contributed by atoms with Crippen LogP contribution in [0.1, 0.15) is 66.6 Å². The van der Waals surface area contributed by atoms with E-state index in [0.717, 1.165) is 49.2 Å². The minimum absolute atomic E-state index is 0.272. The molecular formula is C68H42N8. The first-order valence-electron chi connectivity index (χ1n) is 25.3. The monoisotopic (exact) mass is 970 g/mol. The molecule has 0 N–H and O–H groups in total. The first-order chi connectivity index (χ1) is 37.0. The van der Waals surface area contributed by atoms with E-state index in [1.165, 1.54) is 44.5 Å². The maximum Gasteiger partial charge on any atom is 0.212 e. The van der Waals surface area contributed by atoms with E-state index in [0.29, 0.717) is 56.4 Å². The molecule has 12 aromatic rings. The van der Waals surface area contributed by atoms with Crippen LogP contribution in [0.4, 0.5) is 5.69 Å². The molecular weight excluding hydrogens is 929 g/mol. The van der Waals surface area contributed by atoms with Crippen molar-refractivity contribution in [1.29, 1.82) is 15.8 Å². The molecule has 0 amide bonds. The Morgan fingerprint density at radius 3 is 1.34 bits per heavy atom. The molecule has 0 unspecified atom stereocenters. The van der Waals surface area contributed by atoms with Crippen LogP contribution in [0.25, 0.3) is 116 Å². The van der Waals surface area contributed by atoms with Crippen LogP contribution in [0, 0.1) is 40.6 Å². The molecule has 2 aliphatic carbocycles. The molecule has 0 aliphatic heterocycles. The second kappa shape index (κ2) is 16.1. The fraction of sp³-hybridized carbons (Fsp3) is 0.0882. The van der Waals surface area contributed by atoms with Crippen LogP contribution in [0.15, 0.2) is 182 Å². The highest BCUT2D eigenvalue weighted by atomic mass is 15.0. The molecule has 0 atom stereocenters. The van der Waals surface area contributed by atoms with Crippen LogP contribution < -0.4 is 0 Å². The fourth-order valence-electron chi connectivity index (χ4n) is 12.6. The molecule has 0 saturated heterocycles. The van der Waals surface area contributed by atoms with Gasteiger partial charge >= 0.3 is 0 Å². The summed E-state index contributed by atoms with van der Waals surface area (Å²) < 4.78 is 4.16. The molecule has 14 rings (SSSR count). The summed E-state index contributed by atoms with van der Waals surface area (Å²) in [7, 11) is 0. The Bertz CT molecular complexity index is 4400. The quantitative estimate of drug-likeness (QED) is 0.160. The lowest BCUT2D eigenvalue weighted by molar-refractivity contribution is 0.661. The lowest BCUT2D eigenvalue weighted by Crippen LogP contribution is -2.15. The van der Waals surface area contributed by atoms with Crippen molar-refractivity contribution >= 4 is 49.3 Å². The summed E-state index contributed by atoms with van der Waals surface area (Å²) in [5.41, 5.74) is 17.7. The van der Waals surface area contributed by atoms with Gasteiger partial charge in [0, 0.05) is 43.5 Å². The molecule has 3 aromatic heterocycles. The van der Waals surface area contributed by atoms with Gasteiger partial charge in [-0.25, -0.2) is 14.8 Å². The van der Waals surface area contributed by atoms with E-state index in [1.807, 2.05) is 72.8 Å². The van der Waals surface area contributed by atoms with Gasteiger partial charge in [0.25, 0.3) is 0 Å². The highest BCUT2D eigenvalue weighted by Crippen LogP contribution is 2.53. The van der Waals surface area contributed by atoms with Crippen LogP contribution in [-0.4, -0.2) is 19.1 Å². The third-order valence-electron chi connectivity index (χ3n) is 16.2. The third kappa shape index (κ3) is 6.14. The van der Waals surface area contributed by atoms with Gasteiger partial charge in [-0.3, -0.25) is 0 Å². The van der Waals surface area contributed by atoms with Crippen LogP contribution in [-0.2, 0) is 10.8 Å². The molecule has 9 aromatic carbocycles. The maximum absolute atomic E-state index is 11.2. The Labute approximate surface area is 438 Å².